The fraction of sp³-hybridized carbons (Fsp3) is 0.727. The minimum atomic E-state index is 0.687. The highest BCUT2D eigenvalue weighted by Crippen LogP contribution is 2.08. The molecule has 1 aromatic heterocycles. The maximum atomic E-state index is 4.18. The minimum absolute atomic E-state index is 0.687. The number of nitrogens with one attached hydrogen (secondary N) is 1. The molecule has 4 nitrogen and oxygen atoms in total. The quantitative estimate of drug-likeness (QED) is 0.787. The number of hydrogen-bond donors (Lipinski definition) is 1. The van der Waals surface area contributed by atoms with Crippen LogP contribution in [0.2, 0.25) is 0 Å². The minimum Gasteiger partial charge on any atom is -0.313 e. The highest BCUT2D eigenvalue weighted by molar-refractivity contribution is 5.03. The zero-order valence-electron chi connectivity index (χ0n) is 9.61. The van der Waals surface area contributed by atoms with Crippen molar-refractivity contribution in [3.8, 4) is 0 Å². The summed E-state index contributed by atoms with van der Waals surface area (Å²) in [5, 5.41) is 7.69. The van der Waals surface area contributed by atoms with Crippen molar-refractivity contribution in [1.82, 2.24) is 20.0 Å². The Hall–Kier alpha value is -0.870. The van der Waals surface area contributed by atoms with E-state index in [1.165, 1.54) is 24.9 Å². The van der Waals surface area contributed by atoms with Gasteiger partial charge in [0.2, 0.25) is 0 Å². The Labute approximate surface area is 91.3 Å². The summed E-state index contributed by atoms with van der Waals surface area (Å²) < 4.78 is 1.86. The number of rotatable bonds is 4. The van der Waals surface area contributed by atoms with Crippen LogP contribution in [0.25, 0.3) is 0 Å². The fourth-order valence-electron chi connectivity index (χ4n) is 2.22. The van der Waals surface area contributed by atoms with Gasteiger partial charge in [0.1, 0.15) is 0 Å². The average molecular weight is 208 g/mol. The van der Waals surface area contributed by atoms with Gasteiger partial charge in [-0.3, -0.25) is 4.68 Å². The summed E-state index contributed by atoms with van der Waals surface area (Å²) in [7, 11) is 4.13. The number of nitrogens with zero attached hydrogens (tertiary/aromatic N) is 3. The lowest BCUT2D eigenvalue weighted by atomic mass is 10.2. The average Bonchev–Trinajstić information content (AvgIpc) is 2.77. The van der Waals surface area contributed by atoms with Gasteiger partial charge in [0.05, 0.1) is 6.20 Å². The molecule has 0 unspecified atom stereocenters. The molecule has 1 saturated heterocycles. The van der Waals surface area contributed by atoms with Gasteiger partial charge in [0.15, 0.2) is 0 Å². The summed E-state index contributed by atoms with van der Waals surface area (Å²) in [4.78, 5) is 2.36. The van der Waals surface area contributed by atoms with Gasteiger partial charge in [-0.2, -0.15) is 5.10 Å². The Morgan fingerprint density at radius 3 is 3.13 bits per heavy atom. The normalized spacial score (nSPS) is 21.4. The van der Waals surface area contributed by atoms with Crippen LogP contribution in [0.3, 0.4) is 0 Å². The Morgan fingerprint density at radius 1 is 1.67 bits per heavy atom. The van der Waals surface area contributed by atoms with Crippen molar-refractivity contribution in [2.75, 3.05) is 20.1 Å². The van der Waals surface area contributed by atoms with E-state index in [1.807, 2.05) is 17.9 Å². The van der Waals surface area contributed by atoms with Gasteiger partial charge in [-0.15, -0.1) is 0 Å². The van der Waals surface area contributed by atoms with Crippen molar-refractivity contribution >= 4 is 0 Å². The molecular weight excluding hydrogens is 188 g/mol. The molecule has 2 heterocycles. The fourth-order valence-corrected chi connectivity index (χ4v) is 2.22. The molecule has 0 bridgehead atoms. The van der Waals surface area contributed by atoms with Gasteiger partial charge in [0, 0.05) is 37.9 Å². The van der Waals surface area contributed by atoms with E-state index in [1.54, 1.807) is 0 Å². The number of hydrogen-bond acceptors (Lipinski definition) is 3. The molecule has 1 fully saturated rings. The van der Waals surface area contributed by atoms with E-state index in [0.717, 1.165) is 13.1 Å². The summed E-state index contributed by atoms with van der Waals surface area (Å²) in [6.45, 7) is 3.31. The Morgan fingerprint density at radius 2 is 2.53 bits per heavy atom. The molecule has 0 aromatic carbocycles. The van der Waals surface area contributed by atoms with Crippen LogP contribution in [-0.4, -0.2) is 40.9 Å². The Kier molecular flexibility index (Phi) is 3.38. The molecule has 1 aliphatic heterocycles. The lowest BCUT2D eigenvalue weighted by Gasteiger charge is -2.20. The molecule has 0 saturated carbocycles. The predicted molar refractivity (Wildman–Crippen MR) is 60.6 cm³/mol. The zero-order valence-corrected chi connectivity index (χ0v) is 9.61. The number of aromatic nitrogens is 2. The summed E-state index contributed by atoms with van der Waals surface area (Å²) in [6.07, 6.45) is 6.67. The summed E-state index contributed by atoms with van der Waals surface area (Å²) in [5.74, 6) is 0. The molecule has 1 aliphatic rings. The van der Waals surface area contributed by atoms with Crippen molar-refractivity contribution in [2.45, 2.75) is 25.4 Å². The van der Waals surface area contributed by atoms with Gasteiger partial charge < -0.3 is 10.2 Å². The van der Waals surface area contributed by atoms with E-state index < -0.39 is 0 Å². The molecular formula is C11H20N4. The number of likely N-dealkylation sites (N-methyl/N-ethyl adjacent to an activating group) is 1. The van der Waals surface area contributed by atoms with Crippen molar-refractivity contribution in [2.24, 2.45) is 7.05 Å². The van der Waals surface area contributed by atoms with E-state index in [-0.39, 0.29) is 0 Å². The maximum absolute atomic E-state index is 4.18. The smallest absolute Gasteiger partial charge is 0.0534 e. The molecule has 4 heteroatoms. The third-order valence-corrected chi connectivity index (χ3v) is 2.91. The predicted octanol–water partition coefficient (Wildman–Crippen LogP) is 0.604. The van der Waals surface area contributed by atoms with Crippen LogP contribution < -0.4 is 5.32 Å². The summed E-state index contributed by atoms with van der Waals surface area (Å²) in [5.41, 5.74) is 1.29. The molecule has 0 aliphatic carbocycles. The Balaban J connectivity index is 1.78. The van der Waals surface area contributed by atoms with Crippen LogP contribution in [-0.2, 0) is 13.6 Å². The molecule has 1 aromatic rings. The first-order valence-electron chi connectivity index (χ1n) is 5.63. The molecule has 0 amide bonds. The molecule has 84 valence electrons. The van der Waals surface area contributed by atoms with Gasteiger partial charge in [-0.1, -0.05) is 0 Å². The lowest BCUT2D eigenvalue weighted by molar-refractivity contribution is 0.293. The van der Waals surface area contributed by atoms with Crippen LogP contribution in [0.1, 0.15) is 18.4 Å². The SMILES string of the molecule is CN(Cc1cnn(C)c1)C[C@H]1CCCN1. The van der Waals surface area contributed by atoms with E-state index in [2.05, 4.69) is 28.6 Å². The van der Waals surface area contributed by atoms with Crippen LogP contribution in [0.5, 0.6) is 0 Å². The monoisotopic (exact) mass is 208 g/mol. The Bertz CT molecular complexity index is 301. The third-order valence-electron chi connectivity index (χ3n) is 2.91. The van der Waals surface area contributed by atoms with Crippen LogP contribution in [0, 0.1) is 0 Å². The standard InChI is InChI=1S/C11H20N4/c1-14(9-11-4-3-5-12-11)7-10-6-13-15(2)8-10/h6,8,11-12H,3-5,7,9H2,1-2H3/t11-/m1/s1. The first kappa shape index (κ1) is 10.6. The molecule has 1 N–H and O–H groups in total. The lowest BCUT2D eigenvalue weighted by Crippen LogP contribution is -2.34. The topological polar surface area (TPSA) is 33.1 Å². The highest BCUT2D eigenvalue weighted by atomic mass is 15.2. The molecule has 15 heavy (non-hydrogen) atoms. The van der Waals surface area contributed by atoms with E-state index in [4.69, 9.17) is 0 Å². The highest BCUT2D eigenvalue weighted by Gasteiger charge is 2.15. The maximum Gasteiger partial charge on any atom is 0.0534 e. The van der Waals surface area contributed by atoms with Crippen LogP contribution in [0.15, 0.2) is 12.4 Å². The van der Waals surface area contributed by atoms with E-state index in [9.17, 15) is 0 Å². The largest absolute Gasteiger partial charge is 0.313 e. The van der Waals surface area contributed by atoms with E-state index >= 15 is 0 Å². The van der Waals surface area contributed by atoms with Crippen molar-refractivity contribution in [3.63, 3.8) is 0 Å². The van der Waals surface area contributed by atoms with Crippen molar-refractivity contribution in [3.05, 3.63) is 18.0 Å². The second kappa shape index (κ2) is 4.77. The second-order valence-electron chi connectivity index (χ2n) is 4.51. The summed E-state index contributed by atoms with van der Waals surface area (Å²) in [6, 6.07) is 0.687. The van der Waals surface area contributed by atoms with Gasteiger partial charge in [0.25, 0.3) is 0 Å². The second-order valence-corrected chi connectivity index (χ2v) is 4.51. The molecule has 0 spiro atoms. The van der Waals surface area contributed by atoms with Crippen LogP contribution in [0.4, 0.5) is 0 Å². The number of aryl methyl sites for hydroxylation is 1. The van der Waals surface area contributed by atoms with Crippen LogP contribution >= 0.6 is 0 Å². The zero-order chi connectivity index (χ0) is 10.7. The van der Waals surface area contributed by atoms with Gasteiger partial charge in [-0.25, -0.2) is 0 Å². The molecule has 2 rings (SSSR count). The summed E-state index contributed by atoms with van der Waals surface area (Å²) >= 11 is 0. The van der Waals surface area contributed by atoms with Gasteiger partial charge in [-0.05, 0) is 26.4 Å². The third kappa shape index (κ3) is 3.04. The van der Waals surface area contributed by atoms with Gasteiger partial charge >= 0.3 is 0 Å². The van der Waals surface area contributed by atoms with Crippen molar-refractivity contribution in [1.29, 1.82) is 0 Å². The first-order valence-corrected chi connectivity index (χ1v) is 5.63. The van der Waals surface area contributed by atoms with Crippen molar-refractivity contribution < 1.29 is 0 Å². The molecule has 0 radical (unpaired) electrons. The molecule has 1 atom stereocenters. The van der Waals surface area contributed by atoms with E-state index in [0.29, 0.717) is 6.04 Å². The first-order chi connectivity index (χ1) is 7.24.